The van der Waals surface area contributed by atoms with Gasteiger partial charge in [0.25, 0.3) is 5.91 Å². The third-order valence-electron chi connectivity index (χ3n) is 4.07. The number of pyridine rings is 2. The molecule has 4 N–H and O–H groups in total. The van der Waals surface area contributed by atoms with E-state index in [0.717, 1.165) is 11.5 Å². The second kappa shape index (κ2) is 10.7. The Bertz CT molecular complexity index is 1120. The van der Waals surface area contributed by atoms with Crippen molar-refractivity contribution in [3.8, 4) is 11.9 Å². The second-order valence-corrected chi connectivity index (χ2v) is 7.19. The van der Waals surface area contributed by atoms with Crippen LogP contribution in [0.25, 0.3) is 0 Å². The Balaban J connectivity index is 1.59. The summed E-state index contributed by atoms with van der Waals surface area (Å²) >= 11 is 1.13. The summed E-state index contributed by atoms with van der Waals surface area (Å²) in [6, 6.07) is 8.54. The molecule has 2 amide bonds. The van der Waals surface area contributed by atoms with Crippen molar-refractivity contribution in [2.24, 2.45) is 0 Å². The summed E-state index contributed by atoms with van der Waals surface area (Å²) < 4.78 is 9.68. The first-order chi connectivity index (χ1) is 15.5. The van der Waals surface area contributed by atoms with Crippen molar-refractivity contribution in [1.29, 1.82) is 5.26 Å². The average molecular weight is 453 g/mol. The number of anilines is 3. The van der Waals surface area contributed by atoms with E-state index < -0.39 is 6.09 Å². The van der Waals surface area contributed by atoms with Gasteiger partial charge in [-0.15, -0.1) is 0 Å². The van der Waals surface area contributed by atoms with Gasteiger partial charge in [-0.2, -0.15) is 9.64 Å². The minimum atomic E-state index is -1.08. The van der Waals surface area contributed by atoms with Gasteiger partial charge in [-0.3, -0.25) is 4.79 Å². The molecule has 11 nitrogen and oxygen atoms in total. The summed E-state index contributed by atoms with van der Waals surface area (Å²) in [7, 11) is 0. The lowest BCUT2D eigenvalue weighted by Gasteiger charge is -2.09. The fourth-order valence-electron chi connectivity index (χ4n) is 2.55. The third-order valence-corrected chi connectivity index (χ3v) is 4.92. The summed E-state index contributed by atoms with van der Waals surface area (Å²) in [6.07, 6.45) is 2.33. The molecule has 0 saturated carbocycles. The van der Waals surface area contributed by atoms with E-state index in [1.54, 1.807) is 31.2 Å². The van der Waals surface area contributed by atoms with Crippen LogP contribution in [0.15, 0.2) is 36.7 Å². The average Bonchev–Trinajstić information content (AvgIpc) is 3.15. The van der Waals surface area contributed by atoms with Crippen molar-refractivity contribution in [3.05, 3.63) is 53.5 Å². The summed E-state index contributed by atoms with van der Waals surface area (Å²) in [4.78, 5) is 31.5. The Hall–Kier alpha value is -4.24. The van der Waals surface area contributed by atoms with Crippen LogP contribution in [0.3, 0.4) is 0 Å². The molecule has 0 aromatic carbocycles. The topological polar surface area (TPSA) is 162 Å². The van der Waals surface area contributed by atoms with Gasteiger partial charge in [0.15, 0.2) is 0 Å². The largest absolute Gasteiger partial charge is 0.478 e. The molecule has 0 aliphatic heterocycles. The minimum absolute atomic E-state index is 0.284. The van der Waals surface area contributed by atoms with Crippen LogP contribution in [-0.4, -0.2) is 44.6 Å². The fraction of sp³-hybridized carbons (Fsp3) is 0.200. The predicted octanol–water partition coefficient (Wildman–Crippen LogP) is 3.15. The number of carbonyl (C=O) groups is 2. The number of carbonyl (C=O) groups excluding carboxylic acids is 1. The molecular weight excluding hydrogens is 434 g/mol. The SMILES string of the molecule is Cc1nsc(Nc2ccc(C#N)cn2)c1C(=O)Nc1ccc(OCCCNC(=O)O)nc1. The van der Waals surface area contributed by atoms with Crippen LogP contribution < -0.4 is 20.7 Å². The van der Waals surface area contributed by atoms with Crippen molar-refractivity contribution in [1.82, 2.24) is 19.7 Å². The molecule has 3 heterocycles. The molecule has 0 bridgehead atoms. The van der Waals surface area contributed by atoms with Crippen LogP contribution in [0.2, 0.25) is 0 Å². The smallest absolute Gasteiger partial charge is 0.404 e. The highest BCUT2D eigenvalue weighted by molar-refractivity contribution is 7.10. The quantitative estimate of drug-likeness (QED) is 0.356. The molecule has 12 heteroatoms. The summed E-state index contributed by atoms with van der Waals surface area (Å²) in [5.41, 5.74) is 1.85. The van der Waals surface area contributed by atoms with Gasteiger partial charge in [-0.25, -0.2) is 14.8 Å². The van der Waals surface area contributed by atoms with Crippen molar-refractivity contribution in [2.45, 2.75) is 13.3 Å². The molecule has 0 atom stereocenters. The Morgan fingerprint density at radius 2 is 2.06 bits per heavy atom. The number of hydrogen-bond acceptors (Lipinski definition) is 9. The Labute approximate surface area is 187 Å². The molecule has 0 unspecified atom stereocenters. The van der Waals surface area contributed by atoms with E-state index in [9.17, 15) is 9.59 Å². The van der Waals surface area contributed by atoms with Gasteiger partial charge >= 0.3 is 6.09 Å². The molecule has 0 aliphatic rings. The molecule has 0 aliphatic carbocycles. The maximum absolute atomic E-state index is 12.8. The fourth-order valence-corrected chi connectivity index (χ4v) is 3.35. The van der Waals surface area contributed by atoms with Gasteiger partial charge in [-0.1, -0.05) is 0 Å². The first-order valence-corrected chi connectivity index (χ1v) is 10.2. The monoisotopic (exact) mass is 453 g/mol. The molecule has 0 spiro atoms. The first-order valence-electron chi connectivity index (χ1n) is 9.42. The molecule has 0 fully saturated rings. The zero-order valence-electron chi connectivity index (χ0n) is 17.0. The van der Waals surface area contributed by atoms with E-state index in [1.807, 2.05) is 6.07 Å². The van der Waals surface area contributed by atoms with Crippen molar-refractivity contribution in [2.75, 3.05) is 23.8 Å². The van der Waals surface area contributed by atoms with Crippen molar-refractivity contribution < 1.29 is 19.4 Å². The number of nitrogens with zero attached hydrogens (tertiary/aromatic N) is 4. The maximum atomic E-state index is 12.8. The van der Waals surface area contributed by atoms with Gasteiger partial charge in [-0.05, 0) is 43.1 Å². The number of hydrogen-bond donors (Lipinski definition) is 4. The molecule has 3 aromatic rings. The minimum Gasteiger partial charge on any atom is -0.478 e. The number of carboxylic acid groups (broad SMARTS) is 1. The van der Waals surface area contributed by atoms with E-state index in [0.29, 0.717) is 52.2 Å². The van der Waals surface area contributed by atoms with E-state index in [1.165, 1.54) is 12.4 Å². The van der Waals surface area contributed by atoms with Crippen LogP contribution >= 0.6 is 11.5 Å². The Morgan fingerprint density at radius 1 is 1.22 bits per heavy atom. The summed E-state index contributed by atoms with van der Waals surface area (Å²) in [5.74, 6) is 0.493. The highest BCUT2D eigenvalue weighted by Crippen LogP contribution is 2.28. The number of nitrogens with one attached hydrogen (secondary N) is 3. The van der Waals surface area contributed by atoms with Gasteiger partial charge in [0.2, 0.25) is 5.88 Å². The molecule has 32 heavy (non-hydrogen) atoms. The van der Waals surface area contributed by atoms with Crippen LogP contribution in [0, 0.1) is 18.3 Å². The lowest BCUT2D eigenvalue weighted by molar-refractivity contribution is 0.102. The third kappa shape index (κ3) is 6.13. The lowest BCUT2D eigenvalue weighted by Crippen LogP contribution is -2.23. The number of aryl methyl sites for hydroxylation is 1. The van der Waals surface area contributed by atoms with Crippen LogP contribution in [0.5, 0.6) is 5.88 Å². The predicted molar refractivity (Wildman–Crippen MR) is 117 cm³/mol. The molecule has 164 valence electrons. The summed E-state index contributed by atoms with van der Waals surface area (Å²) in [5, 5.41) is 26.0. The second-order valence-electron chi connectivity index (χ2n) is 6.41. The van der Waals surface area contributed by atoms with E-state index in [2.05, 4.69) is 30.3 Å². The number of rotatable bonds is 9. The van der Waals surface area contributed by atoms with Crippen molar-refractivity contribution in [3.63, 3.8) is 0 Å². The number of amides is 2. The molecule has 0 radical (unpaired) electrons. The molecule has 0 saturated heterocycles. The highest BCUT2D eigenvalue weighted by atomic mass is 32.1. The van der Waals surface area contributed by atoms with Gasteiger partial charge in [0.05, 0.1) is 35.3 Å². The van der Waals surface area contributed by atoms with Gasteiger partial charge < -0.3 is 25.8 Å². The van der Waals surface area contributed by atoms with E-state index >= 15 is 0 Å². The van der Waals surface area contributed by atoms with Gasteiger partial charge in [0, 0.05) is 18.8 Å². The maximum Gasteiger partial charge on any atom is 0.404 e. The first kappa shape index (κ1) is 22.4. The lowest BCUT2D eigenvalue weighted by atomic mass is 10.2. The van der Waals surface area contributed by atoms with Crippen LogP contribution in [-0.2, 0) is 0 Å². The van der Waals surface area contributed by atoms with E-state index in [-0.39, 0.29) is 12.5 Å². The van der Waals surface area contributed by atoms with Gasteiger partial charge in [0.1, 0.15) is 16.9 Å². The number of ether oxygens (including phenoxy) is 1. The number of nitriles is 1. The zero-order valence-corrected chi connectivity index (χ0v) is 17.8. The number of aromatic nitrogens is 3. The zero-order chi connectivity index (χ0) is 22.9. The van der Waals surface area contributed by atoms with Crippen LogP contribution in [0.1, 0.15) is 28.0 Å². The van der Waals surface area contributed by atoms with Crippen LogP contribution in [0.4, 0.5) is 21.3 Å². The molecular formula is C20H19N7O4S. The standard InChI is InChI=1S/C20H19N7O4S/c1-12-17(19(32-27-12)26-15-5-3-13(9-21)10-23-15)18(28)25-14-4-6-16(24-11-14)31-8-2-7-22-20(29)30/h3-6,10-11,22H,2,7-8H2,1H3,(H,23,26)(H,25,28)(H,29,30). The summed E-state index contributed by atoms with van der Waals surface area (Å²) in [6.45, 7) is 2.32. The van der Waals surface area contributed by atoms with E-state index in [4.69, 9.17) is 15.1 Å². The highest BCUT2D eigenvalue weighted by Gasteiger charge is 2.19. The van der Waals surface area contributed by atoms with Crippen molar-refractivity contribution >= 4 is 40.0 Å². The molecule has 3 rings (SSSR count). The Morgan fingerprint density at radius 3 is 2.72 bits per heavy atom. The molecule has 3 aromatic heterocycles. The Kier molecular flexibility index (Phi) is 7.50. The normalized spacial score (nSPS) is 10.1.